The molecule has 15 heavy (non-hydrogen) atoms. The van der Waals surface area contributed by atoms with Gasteiger partial charge in [0.15, 0.2) is 0 Å². The van der Waals surface area contributed by atoms with Crippen LogP contribution in [0.1, 0.15) is 0 Å². The summed E-state index contributed by atoms with van der Waals surface area (Å²) in [7, 11) is 0. The second-order valence-corrected chi connectivity index (χ2v) is 2.18. The molecule has 2 nitrogen and oxygen atoms in total. The van der Waals surface area contributed by atoms with Crippen molar-refractivity contribution >= 4 is 5.91 Å². The Kier molecular flexibility index (Phi) is 3.18. The summed E-state index contributed by atoms with van der Waals surface area (Å²) in [5, 5.41) is -3.04. The molecule has 0 heterocycles. The third-order valence-corrected chi connectivity index (χ3v) is 1.17. The van der Waals surface area contributed by atoms with Gasteiger partial charge in [-0.3, -0.25) is 4.79 Å². The molecule has 0 radical (unpaired) electrons. The van der Waals surface area contributed by atoms with Crippen LogP contribution in [0, 0.1) is 0 Å². The molecule has 0 aliphatic rings. The average Bonchev–Trinajstić information content (AvgIpc) is 2.00. The highest BCUT2D eigenvalue weighted by Gasteiger charge is 2.77. The van der Waals surface area contributed by atoms with E-state index < -0.39 is 29.3 Å². The van der Waals surface area contributed by atoms with Crippen LogP contribution < -0.4 is 0 Å². The van der Waals surface area contributed by atoms with Crippen LogP contribution in [0.25, 0.3) is 0 Å². The number of halogens is 9. The standard InChI is InChI=1S/C4F9NO/c5-2(6,1(15)14(12)13)3(7,8)4(9,10)11. The molecule has 11 heteroatoms. The summed E-state index contributed by atoms with van der Waals surface area (Å²) in [6, 6.07) is 0. The first kappa shape index (κ1) is 13.8. The maximum atomic E-state index is 12.0. The molecule has 0 fully saturated rings. The van der Waals surface area contributed by atoms with E-state index in [1.807, 2.05) is 0 Å². The molecule has 0 aliphatic carbocycles. The lowest BCUT2D eigenvalue weighted by Crippen LogP contribution is -2.58. The van der Waals surface area contributed by atoms with Crippen molar-refractivity contribution in [2.45, 2.75) is 18.0 Å². The highest BCUT2D eigenvalue weighted by molar-refractivity contribution is 5.83. The number of carbonyl (C=O) groups is 1. The second kappa shape index (κ2) is 3.45. The van der Waals surface area contributed by atoms with E-state index in [1.165, 1.54) is 0 Å². The topological polar surface area (TPSA) is 20.3 Å². The highest BCUT2D eigenvalue weighted by atomic mass is 19.4. The van der Waals surface area contributed by atoms with Gasteiger partial charge in [0.1, 0.15) is 0 Å². The maximum absolute atomic E-state index is 12.0. The van der Waals surface area contributed by atoms with Crippen molar-refractivity contribution < 1.29 is 44.5 Å². The molecule has 1 amide bonds. The largest absolute Gasteiger partial charge is 0.460 e. The van der Waals surface area contributed by atoms with E-state index in [2.05, 4.69) is 0 Å². The minimum absolute atomic E-state index is 3.04. The number of rotatable bonds is 2. The van der Waals surface area contributed by atoms with Crippen molar-refractivity contribution in [3.05, 3.63) is 0 Å². The molecular formula is C4F9NO. The smallest absolute Gasteiger partial charge is 0.262 e. The van der Waals surface area contributed by atoms with Crippen LogP contribution in [0.2, 0.25) is 0 Å². The Morgan fingerprint density at radius 1 is 0.867 bits per heavy atom. The Labute approximate surface area is 75.1 Å². The zero-order valence-corrected chi connectivity index (χ0v) is 6.26. The number of amides is 1. The maximum Gasteiger partial charge on any atom is 0.460 e. The van der Waals surface area contributed by atoms with Gasteiger partial charge in [-0.2, -0.15) is 30.7 Å². The van der Waals surface area contributed by atoms with Crippen LogP contribution in [-0.4, -0.2) is 29.3 Å². The first-order valence-electron chi connectivity index (χ1n) is 2.84. The molecule has 0 aromatic heterocycles. The zero-order valence-electron chi connectivity index (χ0n) is 6.26. The Balaban J connectivity index is 5.29. The zero-order chi connectivity index (χ0) is 12.7. The molecule has 0 spiro atoms. The number of alkyl halides is 7. The summed E-state index contributed by atoms with van der Waals surface area (Å²) in [4.78, 5) is 9.70. The molecule has 0 saturated heterocycles. The molecule has 0 atom stereocenters. The molecule has 0 unspecified atom stereocenters. The van der Waals surface area contributed by atoms with E-state index >= 15 is 0 Å². The highest BCUT2D eigenvalue weighted by Crippen LogP contribution is 2.47. The average molecular weight is 249 g/mol. The van der Waals surface area contributed by atoms with Crippen molar-refractivity contribution in [2.75, 3.05) is 0 Å². The number of carbonyl (C=O) groups excluding carboxylic acids is 1. The second-order valence-electron chi connectivity index (χ2n) is 2.18. The summed E-state index contributed by atoms with van der Waals surface area (Å²) >= 11 is 0. The molecule has 0 saturated carbocycles. The Hall–Kier alpha value is -1.16. The quantitative estimate of drug-likeness (QED) is 0.543. The molecule has 90 valence electrons. The molecule has 0 N–H and O–H groups in total. The van der Waals surface area contributed by atoms with Crippen LogP contribution in [0.4, 0.5) is 39.7 Å². The number of nitrogens with zero attached hydrogens (tertiary/aromatic N) is 1. The Bertz CT molecular complexity index is 255. The van der Waals surface area contributed by atoms with Gasteiger partial charge < -0.3 is 0 Å². The van der Waals surface area contributed by atoms with Crippen LogP contribution in [0.3, 0.4) is 0 Å². The van der Waals surface area contributed by atoms with Gasteiger partial charge >= 0.3 is 23.9 Å². The predicted octanol–water partition coefficient (Wildman–Crippen LogP) is 2.42. The third-order valence-electron chi connectivity index (χ3n) is 1.17. The van der Waals surface area contributed by atoms with E-state index in [4.69, 9.17) is 0 Å². The summed E-state index contributed by atoms with van der Waals surface area (Å²) in [6.45, 7) is 0. The minimum Gasteiger partial charge on any atom is -0.262 e. The van der Waals surface area contributed by atoms with E-state index in [9.17, 15) is 44.5 Å². The SMILES string of the molecule is O=C(N(F)F)C(F)(F)C(F)(F)C(F)(F)F. The van der Waals surface area contributed by atoms with Gasteiger partial charge in [-0.25, -0.2) is 0 Å². The van der Waals surface area contributed by atoms with Gasteiger partial charge in [0.2, 0.25) is 0 Å². The first-order chi connectivity index (χ1) is 6.35. The Morgan fingerprint density at radius 2 is 1.20 bits per heavy atom. The van der Waals surface area contributed by atoms with Crippen LogP contribution >= 0.6 is 0 Å². The minimum atomic E-state index is -6.87. The fraction of sp³-hybridized carbons (Fsp3) is 0.750. The normalized spacial score (nSPS) is 13.9. The lowest BCUT2D eigenvalue weighted by Gasteiger charge is -2.26. The van der Waals surface area contributed by atoms with E-state index in [0.29, 0.717) is 0 Å². The lowest BCUT2D eigenvalue weighted by atomic mass is 10.1. The number of hydrogen-bond donors (Lipinski definition) is 0. The number of hydrogen-bond acceptors (Lipinski definition) is 1. The van der Waals surface area contributed by atoms with E-state index in [-0.39, 0.29) is 0 Å². The van der Waals surface area contributed by atoms with Gasteiger partial charge in [-0.15, -0.1) is 0 Å². The van der Waals surface area contributed by atoms with E-state index in [0.717, 1.165) is 0 Å². The molecule has 0 aromatic rings. The van der Waals surface area contributed by atoms with Crippen molar-refractivity contribution in [3.8, 4) is 0 Å². The fourth-order valence-corrected chi connectivity index (χ4v) is 0.418. The van der Waals surface area contributed by atoms with Crippen LogP contribution in [0.5, 0.6) is 0 Å². The first-order valence-corrected chi connectivity index (χ1v) is 2.84. The van der Waals surface area contributed by atoms with Crippen LogP contribution in [0.15, 0.2) is 0 Å². The van der Waals surface area contributed by atoms with Crippen LogP contribution in [-0.2, 0) is 4.79 Å². The molecule has 0 aromatic carbocycles. The third kappa shape index (κ3) is 2.09. The summed E-state index contributed by atoms with van der Waals surface area (Å²) in [5.74, 6) is -17.4. The fourth-order valence-electron chi connectivity index (χ4n) is 0.418. The van der Waals surface area contributed by atoms with Crippen molar-refractivity contribution in [1.82, 2.24) is 5.34 Å². The Morgan fingerprint density at radius 3 is 1.40 bits per heavy atom. The van der Waals surface area contributed by atoms with Gasteiger partial charge in [0.25, 0.3) is 0 Å². The van der Waals surface area contributed by atoms with Crippen molar-refractivity contribution in [3.63, 3.8) is 0 Å². The van der Waals surface area contributed by atoms with Gasteiger partial charge in [-0.05, 0) is 0 Å². The lowest BCUT2D eigenvalue weighted by molar-refractivity contribution is -0.351. The summed E-state index contributed by atoms with van der Waals surface area (Å²) in [6.07, 6.45) is -6.82. The van der Waals surface area contributed by atoms with Crippen molar-refractivity contribution in [1.29, 1.82) is 0 Å². The molecule has 0 aliphatic heterocycles. The van der Waals surface area contributed by atoms with Gasteiger partial charge in [-0.1, -0.05) is 8.96 Å². The molecule has 0 rings (SSSR count). The van der Waals surface area contributed by atoms with Gasteiger partial charge in [0, 0.05) is 5.34 Å². The summed E-state index contributed by atoms with van der Waals surface area (Å²) < 4.78 is 104. The van der Waals surface area contributed by atoms with Crippen molar-refractivity contribution in [2.24, 2.45) is 0 Å². The summed E-state index contributed by atoms with van der Waals surface area (Å²) in [5.41, 5.74) is 0. The predicted molar refractivity (Wildman–Crippen MR) is 25.0 cm³/mol. The van der Waals surface area contributed by atoms with E-state index in [1.54, 1.807) is 0 Å². The molecular weight excluding hydrogens is 249 g/mol. The van der Waals surface area contributed by atoms with Gasteiger partial charge in [0.05, 0.1) is 0 Å². The monoisotopic (exact) mass is 249 g/mol. The molecule has 0 bridgehead atoms.